The molecule has 1 aliphatic carbocycles. The van der Waals surface area contributed by atoms with Gasteiger partial charge in [-0.1, -0.05) is 25.0 Å². The number of piperazine rings is 1. The van der Waals surface area contributed by atoms with Crippen molar-refractivity contribution in [1.29, 1.82) is 0 Å². The van der Waals surface area contributed by atoms with E-state index in [0.29, 0.717) is 50.9 Å². The number of carbonyl (C=O) groups is 2. The van der Waals surface area contributed by atoms with Crippen LogP contribution in [-0.4, -0.2) is 60.4 Å². The lowest BCUT2D eigenvalue weighted by Crippen LogP contribution is -2.50. The van der Waals surface area contributed by atoms with Crippen molar-refractivity contribution in [2.75, 3.05) is 37.6 Å². The minimum Gasteiger partial charge on any atom is -0.366 e. The first kappa shape index (κ1) is 18.7. The lowest BCUT2D eigenvalue weighted by molar-refractivity contribution is -0.134. The summed E-state index contributed by atoms with van der Waals surface area (Å²) in [7, 11) is 0. The van der Waals surface area contributed by atoms with Crippen LogP contribution in [0.15, 0.2) is 24.3 Å². The monoisotopic (exact) mass is 361 g/mol. The van der Waals surface area contributed by atoms with E-state index in [-0.39, 0.29) is 17.6 Å². The van der Waals surface area contributed by atoms with E-state index < -0.39 is 0 Å². The molecule has 0 atom stereocenters. The van der Waals surface area contributed by atoms with E-state index >= 15 is 0 Å². The summed E-state index contributed by atoms with van der Waals surface area (Å²) in [6.45, 7) is 4.55. The van der Waals surface area contributed by atoms with Crippen LogP contribution in [0.4, 0.5) is 10.1 Å². The van der Waals surface area contributed by atoms with Crippen LogP contribution in [0, 0.1) is 5.82 Å². The first-order valence-corrected chi connectivity index (χ1v) is 9.60. The molecule has 0 bridgehead atoms. The van der Waals surface area contributed by atoms with Gasteiger partial charge in [0, 0.05) is 52.1 Å². The van der Waals surface area contributed by atoms with Crippen LogP contribution in [0.25, 0.3) is 0 Å². The highest BCUT2D eigenvalue weighted by atomic mass is 19.1. The average Bonchev–Trinajstić information content (AvgIpc) is 3.16. The van der Waals surface area contributed by atoms with E-state index in [2.05, 4.69) is 0 Å². The van der Waals surface area contributed by atoms with Gasteiger partial charge in [-0.15, -0.1) is 0 Å². The number of carbonyl (C=O) groups excluding carboxylic acids is 2. The third kappa shape index (κ3) is 4.34. The van der Waals surface area contributed by atoms with Crippen LogP contribution in [0.3, 0.4) is 0 Å². The Kier molecular flexibility index (Phi) is 6.12. The van der Waals surface area contributed by atoms with Gasteiger partial charge < -0.3 is 14.7 Å². The number of amides is 2. The number of nitrogens with zero attached hydrogens (tertiary/aromatic N) is 3. The third-order valence-electron chi connectivity index (χ3n) is 5.56. The number of hydrogen-bond acceptors (Lipinski definition) is 3. The molecule has 1 aromatic carbocycles. The second kappa shape index (κ2) is 8.52. The molecule has 6 heteroatoms. The van der Waals surface area contributed by atoms with Gasteiger partial charge in [-0.2, -0.15) is 0 Å². The normalized spacial score (nSPS) is 18.2. The smallest absolute Gasteiger partial charge is 0.224 e. The number of hydrogen-bond donors (Lipinski definition) is 0. The number of halogens is 1. The standard InChI is InChI=1S/C20H28FN3O2/c1-16(25)24(17-6-2-3-7-17)11-10-20(26)23-14-12-22(13-15-23)19-9-5-4-8-18(19)21/h4-5,8-9,17H,2-3,6-7,10-15H2,1H3. The van der Waals surface area contributed by atoms with Gasteiger partial charge in [-0.25, -0.2) is 4.39 Å². The summed E-state index contributed by atoms with van der Waals surface area (Å²) in [6, 6.07) is 7.06. The summed E-state index contributed by atoms with van der Waals surface area (Å²) in [5.74, 6) is -0.0718. The van der Waals surface area contributed by atoms with Gasteiger partial charge in [0.1, 0.15) is 5.82 Å². The molecule has 1 aliphatic heterocycles. The Hall–Kier alpha value is -2.11. The molecular weight excluding hydrogens is 333 g/mol. The van der Waals surface area contributed by atoms with Gasteiger partial charge in [0.05, 0.1) is 5.69 Å². The van der Waals surface area contributed by atoms with E-state index in [1.54, 1.807) is 19.1 Å². The Balaban J connectivity index is 1.49. The Bertz CT molecular complexity index is 638. The molecule has 1 saturated carbocycles. The molecular formula is C20H28FN3O2. The van der Waals surface area contributed by atoms with E-state index in [1.807, 2.05) is 20.8 Å². The summed E-state index contributed by atoms with van der Waals surface area (Å²) in [5.41, 5.74) is 0.601. The minimum absolute atomic E-state index is 0.0640. The van der Waals surface area contributed by atoms with Gasteiger partial charge in [-0.3, -0.25) is 9.59 Å². The predicted octanol–water partition coefficient (Wildman–Crippen LogP) is 2.66. The van der Waals surface area contributed by atoms with Crippen molar-refractivity contribution in [3.05, 3.63) is 30.1 Å². The van der Waals surface area contributed by atoms with Crippen LogP contribution in [0.2, 0.25) is 0 Å². The van der Waals surface area contributed by atoms with Crippen molar-refractivity contribution in [3.63, 3.8) is 0 Å². The highest BCUT2D eigenvalue weighted by Gasteiger charge is 2.27. The fourth-order valence-electron chi connectivity index (χ4n) is 4.09. The highest BCUT2D eigenvalue weighted by Crippen LogP contribution is 2.24. The van der Waals surface area contributed by atoms with Crippen molar-refractivity contribution in [2.45, 2.75) is 45.1 Å². The summed E-state index contributed by atoms with van der Waals surface area (Å²) in [5, 5.41) is 0. The van der Waals surface area contributed by atoms with E-state index in [4.69, 9.17) is 0 Å². The van der Waals surface area contributed by atoms with Crippen molar-refractivity contribution in [2.24, 2.45) is 0 Å². The van der Waals surface area contributed by atoms with Crippen LogP contribution in [0.1, 0.15) is 39.0 Å². The Morgan fingerprint density at radius 3 is 2.38 bits per heavy atom. The van der Waals surface area contributed by atoms with E-state index in [9.17, 15) is 14.0 Å². The fraction of sp³-hybridized carbons (Fsp3) is 0.600. The molecule has 0 aromatic heterocycles. The lowest BCUT2D eigenvalue weighted by atomic mass is 10.2. The molecule has 0 radical (unpaired) electrons. The van der Waals surface area contributed by atoms with Crippen LogP contribution < -0.4 is 4.90 Å². The Morgan fingerprint density at radius 2 is 1.77 bits per heavy atom. The summed E-state index contributed by atoms with van der Waals surface area (Å²) in [4.78, 5) is 30.2. The maximum absolute atomic E-state index is 13.9. The molecule has 0 spiro atoms. The molecule has 1 saturated heterocycles. The fourth-order valence-corrected chi connectivity index (χ4v) is 4.09. The summed E-state index contributed by atoms with van der Waals surface area (Å²) < 4.78 is 13.9. The molecule has 0 unspecified atom stereocenters. The van der Waals surface area contributed by atoms with Crippen LogP contribution >= 0.6 is 0 Å². The lowest BCUT2D eigenvalue weighted by Gasteiger charge is -2.36. The molecule has 3 rings (SSSR count). The highest BCUT2D eigenvalue weighted by molar-refractivity contribution is 5.78. The molecule has 2 fully saturated rings. The number of benzene rings is 1. The average molecular weight is 361 g/mol. The van der Waals surface area contributed by atoms with Crippen molar-refractivity contribution >= 4 is 17.5 Å². The Labute approximate surface area is 154 Å². The quantitative estimate of drug-likeness (QED) is 0.810. The number of rotatable bonds is 5. The van der Waals surface area contributed by atoms with Gasteiger partial charge in [0.25, 0.3) is 0 Å². The molecule has 1 heterocycles. The summed E-state index contributed by atoms with van der Waals surface area (Å²) >= 11 is 0. The molecule has 1 aromatic rings. The zero-order valence-corrected chi connectivity index (χ0v) is 15.5. The molecule has 2 amide bonds. The number of anilines is 1. The maximum Gasteiger partial charge on any atom is 0.224 e. The van der Waals surface area contributed by atoms with Crippen molar-refractivity contribution < 1.29 is 14.0 Å². The molecule has 0 N–H and O–H groups in total. The van der Waals surface area contributed by atoms with Crippen LogP contribution in [-0.2, 0) is 9.59 Å². The first-order valence-electron chi connectivity index (χ1n) is 9.60. The van der Waals surface area contributed by atoms with Gasteiger partial charge in [-0.05, 0) is 25.0 Å². The SMILES string of the molecule is CC(=O)N(CCC(=O)N1CCN(c2ccccc2F)CC1)C1CCCC1. The van der Waals surface area contributed by atoms with Crippen molar-refractivity contribution in [3.8, 4) is 0 Å². The Morgan fingerprint density at radius 1 is 1.12 bits per heavy atom. The predicted molar refractivity (Wildman–Crippen MR) is 99.5 cm³/mol. The second-order valence-electron chi connectivity index (χ2n) is 7.22. The first-order chi connectivity index (χ1) is 12.6. The zero-order chi connectivity index (χ0) is 18.5. The largest absolute Gasteiger partial charge is 0.366 e. The van der Waals surface area contributed by atoms with E-state index in [1.165, 1.54) is 18.9 Å². The maximum atomic E-state index is 13.9. The van der Waals surface area contributed by atoms with Gasteiger partial charge in [0.15, 0.2) is 0 Å². The molecule has 26 heavy (non-hydrogen) atoms. The summed E-state index contributed by atoms with van der Waals surface area (Å²) in [6.07, 6.45) is 4.81. The second-order valence-corrected chi connectivity index (χ2v) is 7.22. The zero-order valence-electron chi connectivity index (χ0n) is 15.5. The number of para-hydroxylation sites is 1. The van der Waals surface area contributed by atoms with Crippen LogP contribution in [0.5, 0.6) is 0 Å². The van der Waals surface area contributed by atoms with E-state index in [0.717, 1.165) is 12.8 Å². The van der Waals surface area contributed by atoms with Crippen molar-refractivity contribution in [1.82, 2.24) is 9.80 Å². The third-order valence-corrected chi connectivity index (χ3v) is 5.56. The molecule has 142 valence electrons. The van der Waals surface area contributed by atoms with Gasteiger partial charge in [0.2, 0.25) is 11.8 Å². The molecule has 2 aliphatic rings. The minimum atomic E-state index is -0.221. The molecule has 5 nitrogen and oxygen atoms in total. The van der Waals surface area contributed by atoms with Gasteiger partial charge >= 0.3 is 0 Å². The topological polar surface area (TPSA) is 43.9 Å².